The first-order chi connectivity index (χ1) is 13.5. The van der Waals surface area contributed by atoms with E-state index in [4.69, 9.17) is 0 Å². The lowest BCUT2D eigenvalue weighted by atomic mass is 10.0. The van der Waals surface area contributed by atoms with Crippen LogP contribution in [0.3, 0.4) is 0 Å². The number of imidazole rings is 1. The van der Waals surface area contributed by atoms with E-state index in [0.717, 1.165) is 54.0 Å². The smallest absolute Gasteiger partial charge is 0.183 e. The standard InChI is InChI=1S/C20H20FN5OS/c1-11-17(13-5-6-15-14(19(13)27)8-16(21)28-15)23-24-20-18(11)22-10-26(20)12-4-3-7-25(2)9-12/h5-6,8,10,12,27H,3-4,7,9H2,1-2H3/t12-/m1/s1. The molecule has 1 atom stereocenters. The summed E-state index contributed by atoms with van der Waals surface area (Å²) < 4.78 is 16.4. The van der Waals surface area contributed by atoms with Gasteiger partial charge in [-0.25, -0.2) is 4.98 Å². The largest absolute Gasteiger partial charge is 0.507 e. The molecule has 8 heteroatoms. The highest BCUT2D eigenvalue weighted by Crippen LogP contribution is 2.40. The number of halogens is 1. The number of benzene rings is 1. The van der Waals surface area contributed by atoms with Crippen molar-refractivity contribution in [2.45, 2.75) is 25.8 Å². The van der Waals surface area contributed by atoms with Gasteiger partial charge in [0.2, 0.25) is 0 Å². The number of phenolic OH excluding ortho intramolecular Hbond substituents is 1. The van der Waals surface area contributed by atoms with Gasteiger partial charge >= 0.3 is 0 Å². The molecule has 0 amide bonds. The molecule has 1 aromatic carbocycles. The maximum atomic E-state index is 13.6. The molecule has 28 heavy (non-hydrogen) atoms. The van der Waals surface area contributed by atoms with Crippen molar-refractivity contribution in [2.75, 3.05) is 20.1 Å². The van der Waals surface area contributed by atoms with Gasteiger partial charge in [-0.3, -0.25) is 0 Å². The van der Waals surface area contributed by atoms with Crippen molar-refractivity contribution in [3.63, 3.8) is 0 Å². The highest BCUT2D eigenvalue weighted by molar-refractivity contribution is 7.17. The number of fused-ring (bicyclic) bond motifs is 2. The van der Waals surface area contributed by atoms with E-state index in [2.05, 4.69) is 31.7 Å². The van der Waals surface area contributed by atoms with Gasteiger partial charge in [0, 0.05) is 33.8 Å². The third-order valence-corrected chi connectivity index (χ3v) is 6.50. The van der Waals surface area contributed by atoms with E-state index >= 15 is 0 Å². The van der Waals surface area contributed by atoms with E-state index in [1.54, 1.807) is 12.1 Å². The summed E-state index contributed by atoms with van der Waals surface area (Å²) >= 11 is 1.01. The maximum absolute atomic E-state index is 13.6. The topological polar surface area (TPSA) is 67.1 Å². The van der Waals surface area contributed by atoms with E-state index in [0.29, 0.717) is 27.4 Å². The molecule has 4 aromatic rings. The predicted octanol–water partition coefficient (Wildman–Crippen LogP) is 4.13. The van der Waals surface area contributed by atoms with Crippen LogP contribution in [0.5, 0.6) is 5.75 Å². The lowest BCUT2D eigenvalue weighted by Crippen LogP contribution is -2.33. The molecule has 0 spiro atoms. The van der Waals surface area contributed by atoms with Gasteiger partial charge in [0.1, 0.15) is 17.0 Å². The average Bonchev–Trinajstić information content (AvgIpc) is 3.27. The van der Waals surface area contributed by atoms with Gasteiger partial charge in [0.15, 0.2) is 10.8 Å². The molecule has 5 rings (SSSR count). The normalized spacial score (nSPS) is 18.3. The summed E-state index contributed by atoms with van der Waals surface area (Å²) in [5, 5.41) is 19.7. The molecule has 0 radical (unpaired) electrons. The molecule has 0 bridgehead atoms. The second-order valence-corrected chi connectivity index (χ2v) is 8.51. The summed E-state index contributed by atoms with van der Waals surface area (Å²) in [6.45, 7) is 4.02. The lowest BCUT2D eigenvalue weighted by Gasteiger charge is -2.30. The third-order valence-electron chi connectivity index (χ3n) is 5.61. The van der Waals surface area contributed by atoms with E-state index in [-0.39, 0.29) is 10.9 Å². The van der Waals surface area contributed by atoms with Crippen LogP contribution in [0.4, 0.5) is 4.39 Å². The fourth-order valence-electron chi connectivity index (χ4n) is 4.15. The summed E-state index contributed by atoms with van der Waals surface area (Å²) in [5.74, 6) is 0.0303. The van der Waals surface area contributed by atoms with Crippen LogP contribution in [0, 0.1) is 12.1 Å². The molecular weight excluding hydrogens is 377 g/mol. The number of aromatic hydroxyl groups is 1. The molecule has 0 saturated carbocycles. The molecule has 0 aliphatic carbocycles. The number of phenols is 1. The predicted molar refractivity (Wildman–Crippen MR) is 108 cm³/mol. The van der Waals surface area contributed by atoms with Gasteiger partial charge in [0.25, 0.3) is 0 Å². The molecule has 3 aromatic heterocycles. The summed E-state index contributed by atoms with van der Waals surface area (Å²) in [5.41, 5.74) is 3.53. The van der Waals surface area contributed by atoms with Gasteiger partial charge in [-0.1, -0.05) is 0 Å². The van der Waals surface area contributed by atoms with E-state index < -0.39 is 0 Å². The van der Waals surface area contributed by atoms with Gasteiger partial charge in [-0.05, 0) is 51.6 Å². The van der Waals surface area contributed by atoms with E-state index in [1.165, 1.54) is 6.07 Å². The summed E-state index contributed by atoms with van der Waals surface area (Å²) in [4.78, 5) is 6.92. The highest BCUT2D eigenvalue weighted by Gasteiger charge is 2.23. The Kier molecular flexibility index (Phi) is 4.06. The number of aryl methyl sites for hydroxylation is 1. The number of likely N-dealkylation sites (N-methyl/N-ethyl adjacent to an activating group) is 1. The monoisotopic (exact) mass is 397 g/mol. The molecule has 0 unspecified atom stereocenters. The molecule has 1 saturated heterocycles. The van der Waals surface area contributed by atoms with Crippen molar-refractivity contribution >= 4 is 32.6 Å². The van der Waals surface area contributed by atoms with Crippen LogP contribution in [-0.2, 0) is 0 Å². The molecule has 1 fully saturated rings. The minimum absolute atomic E-state index is 0.0303. The van der Waals surface area contributed by atoms with Crippen LogP contribution in [0.15, 0.2) is 24.5 Å². The van der Waals surface area contributed by atoms with Gasteiger partial charge in [-0.15, -0.1) is 21.5 Å². The fraction of sp³-hybridized carbons (Fsp3) is 0.350. The van der Waals surface area contributed by atoms with Gasteiger partial charge in [-0.2, -0.15) is 4.39 Å². The minimum atomic E-state index is -0.322. The number of nitrogens with zero attached hydrogens (tertiary/aromatic N) is 5. The zero-order chi connectivity index (χ0) is 19.4. The van der Waals surface area contributed by atoms with E-state index in [9.17, 15) is 9.50 Å². The first kappa shape index (κ1) is 17.5. The Morgan fingerprint density at radius 3 is 2.96 bits per heavy atom. The fourth-order valence-corrected chi connectivity index (χ4v) is 4.94. The summed E-state index contributed by atoms with van der Waals surface area (Å²) in [7, 11) is 2.13. The number of thiophene rings is 1. The van der Waals surface area contributed by atoms with Crippen LogP contribution < -0.4 is 0 Å². The Morgan fingerprint density at radius 2 is 2.14 bits per heavy atom. The average molecular weight is 397 g/mol. The number of piperidine rings is 1. The van der Waals surface area contributed by atoms with E-state index in [1.807, 2.05) is 13.3 Å². The summed E-state index contributed by atoms with van der Waals surface area (Å²) in [6.07, 6.45) is 4.09. The second kappa shape index (κ2) is 6.49. The molecule has 1 aliphatic heterocycles. The first-order valence-electron chi connectivity index (χ1n) is 9.32. The van der Waals surface area contributed by atoms with Crippen LogP contribution >= 0.6 is 11.3 Å². The van der Waals surface area contributed by atoms with Crippen molar-refractivity contribution in [3.8, 4) is 17.0 Å². The molecule has 1 aliphatic rings. The minimum Gasteiger partial charge on any atom is -0.507 e. The zero-order valence-electron chi connectivity index (χ0n) is 15.7. The number of aromatic nitrogens is 4. The van der Waals surface area contributed by atoms with Gasteiger partial charge in [0.05, 0.1) is 6.33 Å². The Hall–Kier alpha value is -2.58. The maximum Gasteiger partial charge on any atom is 0.183 e. The van der Waals surface area contributed by atoms with Crippen LogP contribution in [0.1, 0.15) is 24.4 Å². The molecule has 6 nitrogen and oxygen atoms in total. The first-order valence-corrected chi connectivity index (χ1v) is 10.1. The van der Waals surface area contributed by atoms with Crippen molar-refractivity contribution in [3.05, 3.63) is 35.2 Å². The molecule has 1 N–H and O–H groups in total. The Bertz CT molecular complexity index is 1200. The number of hydrogen-bond donors (Lipinski definition) is 1. The molecule has 4 heterocycles. The van der Waals surface area contributed by atoms with Crippen LogP contribution in [0.25, 0.3) is 32.5 Å². The van der Waals surface area contributed by atoms with Crippen molar-refractivity contribution in [1.82, 2.24) is 24.6 Å². The third kappa shape index (κ3) is 2.67. The van der Waals surface area contributed by atoms with Crippen molar-refractivity contribution in [2.24, 2.45) is 0 Å². The number of rotatable bonds is 2. The lowest BCUT2D eigenvalue weighted by molar-refractivity contribution is 0.214. The quantitative estimate of drug-likeness (QED) is 0.551. The summed E-state index contributed by atoms with van der Waals surface area (Å²) in [6, 6.07) is 5.26. The van der Waals surface area contributed by atoms with Crippen molar-refractivity contribution in [1.29, 1.82) is 0 Å². The SMILES string of the molecule is Cc1c(-c2ccc3sc(F)cc3c2O)nnc2c1ncn2[C@@H]1CCCN(C)C1. The zero-order valence-corrected chi connectivity index (χ0v) is 16.5. The second-order valence-electron chi connectivity index (χ2n) is 7.48. The number of likely N-dealkylation sites (tertiary alicyclic amines) is 1. The Labute approximate surface area is 165 Å². The van der Waals surface area contributed by atoms with Crippen LogP contribution in [-0.4, -0.2) is 49.9 Å². The number of hydrogen-bond acceptors (Lipinski definition) is 6. The van der Waals surface area contributed by atoms with Crippen LogP contribution in [0.2, 0.25) is 0 Å². The molecule has 144 valence electrons. The Morgan fingerprint density at radius 1 is 1.29 bits per heavy atom. The van der Waals surface area contributed by atoms with Crippen molar-refractivity contribution < 1.29 is 9.50 Å². The Balaban J connectivity index is 1.62. The molecular formula is C20H20FN5OS. The van der Waals surface area contributed by atoms with Gasteiger partial charge < -0.3 is 14.6 Å². The highest BCUT2D eigenvalue weighted by atomic mass is 32.1.